The van der Waals surface area contributed by atoms with Gasteiger partial charge in [-0.05, 0) is 6.07 Å². The Morgan fingerprint density at radius 1 is 1.41 bits per heavy atom. The molecule has 9 heteroatoms. The minimum Gasteiger partial charge on any atom is -0.433 e. The van der Waals surface area contributed by atoms with Crippen molar-refractivity contribution in [3.05, 3.63) is 17.7 Å². The molecule has 0 amide bonds. The average molecular weight is 330 g/mol. The standard InChI is InChI=1S/C13H16F2N4O2S/c1-19(2)8-17-11-5-9(18-22(3,4)20)6-12(10(11)7-16)21-13(14)15/h5-6,8,13H,1-4H3/b17-8+. The van der Waals surface area contributed by atoms with Crippen LogP contribution in [-0.4, -0.2) is 48.7 Å². The molecule has 0 saturated carbocycles. The first kappa shape index (κ1) is 17.8. The molecule has 0 saturated heterocycles. The van der Waals surface area contributed by atoms with Gasteiger partial charge in [0, 0.05) is 42.4 Å². The van der Waals surface area contributed by atoms with Gasteiger partial charge in [-0.15, -0.1) is 0 Å². The second-order valence-electron chi connectivity index (χ2n) is 4.81. The highest BCUT2D eigenvalue weighted by Gasteiger charge is 2.15. The van der Waals surface area contributed by atoms with Gasteiger partial charge in [-0.1, -0.05) is 0 Å². The molecule has 1 rings (SSSR count). The lowest BCUT2D eigenvalue weighted by molar-refractivity contribution is -0.0499. The highest BCUT2D eigenvalue weighted by molar-refractivity contribution is 7.92. The number of hydrogen-bond acceptors (Lipinski definition) is 5. The molecule has 0 bridgehead atoms. The Morgan fingerprint density at radius 3 is 2.50 bits per heavy atom. The van der Waals surface area contributed by atoms with Crippen molar-refractivity contribution in [3.8, 4) is 11.8 Å². The van der Waals surface area contributed by atoms with Gasteiger partial charge >= 0.3 is 6.61 Å². The fraction of sp³-hybridized carbons (Fsp3) is 0.385. The summed E-state index contributed by atoms with van der Waals surface area (Å²) in [7, 11) is 0.924. The normalized spacial score (nSPS) is 11.5. The van der Waals surface area contributed by atoms with Crippen LogP contribution in [0.3, 0.4) is 0 Å². The van der Waals surface area contributed by atoms with Crippen LogP contribution in [0.1, 0.15) is 5.56 Å². The van der Waals surface area contributed by atoms with E-state index in [2.05, 4.69) is 14.1 Å². The minimum atomic E-state index is -3.10. The lowest BCUT2D eigenvalue weighted by Crippen LogP contribution is -2.07. The van der Waals surface area contributed by atoms with Gasteiger partial charge in [-0.2, -0.15) is 18.4 Å². The predicted octanol–water partition coefficient (Wildman–Crippen LogP) is 2.74. The van der Waals surface area contributed by atoms with Crippen molar-refractivity contribution in [3.63, 3.8) is 0 Å². The van der Waals surface area contributed by atoms with Crippen LogP contribution in [0.2, 0.25) is 0 Å². The topological polar surface area (TPSA) is 78.1 Å². The van der Waals surface area contributed by atoms with Gasteiger partial charge in [0.2, 0.25) is 0 Å². The Hall–Kier alpha value is -2.21. The lowest BCUT2D eigenvalue weighted by Gasteiger charge is -2.10. The number of ether oxygens (including phenoxy) is 1. The van der Waals surface area contributed by atoms with E-state index in [1.54, 1.807) is 25.1 Å². The van der Waals surface area contributed by atoms with E-state index in [-0.39, 0.29) is 22.7 Å². The Bertz CT molecular complexity index is 724. The van der Waals surface area contributed by atoms with Crippen molar-refractivity contribution in [2.45, 2.75) is 6.61 Å². The molecule has 0 N–H and O–H groups in total. The van der Waals surface area contributed by atoms with Crippen molar-refractivity contribution in [1.29, 1.82) is 5.26 Å². The predicted molar refractivity (Wildman–Crippen MR) is 81.7 cm³/mol. The van der Waals surface area contributed by atoms with Crippen LogP contribution in [0.5, 0.6) is 5.75 Å². The van der Waals surface area contributed by atoms with E-state index in [9.17, 15) is 13.0 Å². The van der Waals surface area contributed by atoms with E-state index < -0.39 is 16.3 Å². The Morgan fingerprint density at radius 2 is 2.05 bits per heavy atom. The van der Waals surface area contributed by atoms with E-state index >= 15 is 0 Å². The zero-order valence-corrected chi connectivity index (χ0v) is 13.4. The SMILES string of the molecule is CN(C)/C=N/c1cc(N=S(C)(C)=O)cc(OC(F)F)c1C#N. The molecule has 0 spiro atoms. The molecule has 0 aliphatic carbocycles. The number of hydrogen-bond donors (Lipinski definition) is 0. The minimum absolute atomic E-state index is 0.108. The van der Waals surface area contributed by atoms with Gasteiger partial charge in [-0.25, -0.2) is 9.20 Å². The molecule has 0 aromatic heterocycles. The second kappa shape index (κ2) is 7.17. The van der Waals surface area contributed by atoms with Crippen molar-refractivity contribution in [1.82, 2.24) is 4.90 Å². The van der Waals surface area contributed by atoms with Gasteiger partial charge in [0.1, 0.15) is 17.4 Å². The third-order valence-corrected chi connectivity index (χ3v) is 2.80. The van der Waals surface area contributed by atoms with E-state index in [0.29, 0.717) is 0 Å². The maximum atomic E-state index is 12.5. The summed E-state index contributed by atoms with van der Waals surface area (Å²) < 4.78 is 45.0. The quantitative estimate of drug-likeness (QED) is 0.614. The van der Waals surface area contributed by atoms with Crippen LogP contribution in [0.25, 0.3) is 0 Å². The summed E-state index contributed by atoms with van der Waals surface area (Å²) in [6.45, 7) is -3.10. The number of nitrogens with zero attached hydrogens (tertiary/aromatic N) is 4. The number of benzene rings is 1. The number of alkyl halides is 2. The summed E-state index contributed by atoms with van der Waals surface area (Å²) in [5, 5.41) is 9.15. The van der Waals surface area contributed by atoms with Crippen LogP contribution < -0.4 is 4.74 Å². The molecule has 0 atom stereocenters. The Labute approximate surface area is 128 Å². The van der Waals surface area contributed by atoms with Crippen LogP contribution in [0.15, 0.2) is 21.5 Å². The summed E-state index contributed by atoms with van der Waals surface area (Å²) in [6, 6.07) is 4.32. The third-order valence-electron chi connectivity index (χ3n) is 2.15. The molecule has 22 heavy (non-hydrogen) atoms. The van der Waals surface area contributed by atoms with Gasteiger partial charge in [-0.3, -0.25) is 0 Å². The smallest absolute Gasteiger partial charge is 0.387 e. The van der Waals surface area contributed by atoms with Crippen LogP contribution in [-0.2, 0) is 9.73 Å². The largest absolute Gasteiger partial charge is 0.433 e. The first-order valence-electron chi connectivity index (χ1n) is 6.03. The molecule has 0 radical (unpaired) electrons. The summed E-state index contributed by atoms with van der Waals surface area (Å²) in [6.07, 6.45) is 4.21. The van der Waals surface area contributed by atoms with Gasteiger partial charge in [0.25, 0.3) is 0 Å². The number of aliphatic imine (C=N–C) groups is 1. The monoisotopic (exact) mass is 330 g/mol. The molecule has 0 aliphatic rings. The van der Waals surface area contributed by atoms with Crippen LogP contribution >= 0.6 is 0 Å². The number of halogens is 2. The lowest BCUT2D eigenvalue weighted by atomic mass is 10.1. The van der Waals surface area contributed by atoms with E-state index in [1.165, 1.54) is 24.9 Å². The summed E-state index contributed by atoms with van der Waals surface area (Å²) >= 11 is 0. The van der Waals surface area contributed by atoms with Crippen LogP contribution in [0.4, 0.5) is 20.2 Å². The zero-order valence-electron chi connectivity index (χ0n) is 12.6. The summed E-state index contributed by atoms with van der Waals surface area (Å²) in [5.74, 6) is -0.353. The second-order valence-corrected chi connectivity index (χ2v) is 7.35. The first-order valence-corrected chi connectivity index (χ1v) is 8.36. The molecule has 1 aromatic carbocycles. The third kappa shape index (κ3) is 5.65. The maximum absolute atomic E-state index is 12.5. The molecule has 1 aromatic rings. The van der Waals surface area contributed by atoms with Crippen molar-refractivity contribution < 1.29 is 17.7 Å². The van der Waals surface area contributed by atoms with E-state index in [0.717, 1.165) is 6.07 Å². The molecule has 0 fully saturated rings. The molecule has 6 nitrogen and oxygen atoms in total. The van der Waals surface area contributed by atoms with Gasteiger partial charge in [0.05, 0.1) is 17.7 Å². The first-order chi connectivity index (χ1) is 10.1. The average Bonchev–Trinajstić information content (AvgIpc) is 2.33. The highest BCUT2D eigenvalue weighted by atomic mass is 32.2. The highest BCUT2D eigenvalue weighted by Crippen LogP contribution is 2.35. The fourth-order valence-corrected chi connectivity index (χ4v) is 2.09. The Balaban J connectivity index is 3.55. The molecule has 120 valence electrons. The van der Waals surface area contributed by atoms with Gasteiger partial charge < -0.3 is 9.64 Å². The molecular weight excluding hydrogens is 314 g/mol. The van der Waals surface area contributed by atoms with E-state index in [1.807, 2.05) is 0 Å². The maximum Gasteiger partial charge on any atom is 0.387 e. The Kier molecular flexibility index (Phi) is 5.82. The fourth-order valence-electron chi connectivity index (χ4n) is 1.47. The van der Waals surface area contributed by atoms with Crippen molar-refractivity contribution in [2.24, 2.45) is 9.36 Å². The van der Waals surface area contributed by atoms with E-state index in [4.69, 9.17) is 5.26 Å². The molecule has 0 heterocycles. The molecule has 0 aliphatic heterocycles. The summed E-state index contributed by atoms with van der Waals surface area (Å²) in [4.78, 5) is 5.65. The molecule has 0 unspecified atom stereocenters. The molecular formula is C13H16F2N4O2S. The zero-order chi connectivity index (χ0) is 16.9. The number of rotatable bonds is 5. The van der Waals surface area contributed by atoms with Crippen LogP contribution in [0, 0.1) is 11.3 Å². The number of nitriles is 1. The summed E-state index contributed by atoms with van der Waals surface area (Å²) in [5.41, 5.74) is 0.114. The van der Waals surface area contributed by atoms with Gasteiger partial charge in [0.15, 0.2) is 0 Å². The van der Waals surface area contributed by atoms with Crippen molar-refractivity contribution in [2.75, 3.05) is 26.6 Å². The van der Waals surface area contributed by atoms with Crippen molar-refractivity contribution >= 4 is 27.4 Å².